The fourth-order valence-corrected chi connectivity index (χ4v) is 4.24. The van der Waals surface area contributed by atoms with Gasteiger partial charge in [0.25, 0.3) is 0 Å². The third kappa shape index (κ3) is 2.59. The molecular formula is C18H24N4O2. The number of aromatic nitrogens is 3. The number of carbonyl (C=O) groups is 1. The second-order valence-electron chi connectivity index (χ2n) is 6.86. The van der Waals surface area contributed by atoms with Gasteiger partial charge in [-0.05, 0) is 45.1 Å². The van der Waals surface area contributed by atoms with Crippen molar-refractivity contribution in [3.63, 3.8) is 0 Å². The number of rotatable bonds is 3. The summed E-state index contributed by atoms with van der Waals surface area (Å²) in [5.74, 6) is 0.245. The van der Waals surface area contributed by atoms with E-state index in [4.69, 9.17) is 4.74 Å². The lowest BCUT2D eigenvalue weighted by molar-refractivity contribution is -0.143. The minimum absolute atomic E-state index is 0.245. The molecule has 6 nitrogen and oxygen atoms in total. The first-order valence-electron chi connectivity index (χ1n) is 8.86. The van der Waals surface area contributed by atoms with E-state index in [2.05, 4.69) is 21.9 Å². The van der Waals surface area contributed by atoms with Crippen molar-refractivity contribution >= 4 is 11.6 Å². The third-order valence-corrected chi connectivity index (χ3v) is 5.49. The Hall–Kier alpha value is -1.95. The van der Waals surface area contributed by atoms with E-state index in [1.165, 1.54) is 0 Å². The summed E-state index contributed by atoms with van der Waals surface area (Å²) in [5.41, 5.74) is 4.07. The topological polar surface area (TPSA) is 59.7 Å². The Morgan fingerprint density at radius 3 is 3.12 bits per heavy atom. The van der Waals surface area contributed by atoms with E-state index < -0.39 is 0 Å². The van der Waals surface area contributed by atoms with E-state index in [-0.39, 0.29) is 12.0 Å². The predicted molar refractivity (Wildman–Crippen MR) is 89.9 cm³/mol. The van der Waals surface area contributed by atoms with E-state index >= 15 is 0 Å². The maximum absolute atomic E-state index is 12.8. The third-order valence-electron chi connectivity index (χ3n) is 5.49. The van der Waals surface area contributed by atoms with Gasteiger partial charge in [0, 0.05) is 30.4 Å². The highest BCUT2D eigenvalue weighted by Gasteiger charge is 2.38. The molecule has 128 valence electrons. The largest absolute Gasteiger partial charge is 0.374 e. The minimum Gasteiger partial charge on any atom is -0.374 e. The van der Waals surface area contributed by atoms with Crippen LogP contribution in [0.2, 0.25) is 0 Å². The van der Waals surface area contributed by atoms with Crippen LogP contribution in [-0.2, 0) is 16.0 Å². The van der Waals surface area contributed by atoms with Crippen molar-refractivity contribution < 1.29 is 9.53 Å². The molecule has 2 aromatic heterocycles. The summed E-state index contributed by atoms with van der Waals surface area (Å²) < 4.78 is 7.66. The van der Waals surface area contributed by atoms with E-state index in [9.17, 15) is 4.79 Å². The molecule has 6 heteroatoms. The van der Waals surface area contributed by atoms with Crippen molar-refractivity contribution in [2.45, 2.75) is 58.1 Å². The highest BCUT2D eigenvalue weighted by atomic mass is 16.5. The molecule has 1 saturated heterocycles. The second-order valence-corrected chi connectivity index (χ2v) is 6.86. The Labute approximate surface area is 141 Å². The van der Waals surface area contributed by atoms with Crippen LogP contribution in [0.25, 0.3) is 5.65 Å². The number of aryl methyl sites for hydroxylation is 2. The van der Waals surface area contributed by atoms with Crippen LogP contribution in [0.4, 0.5) is 0 Å². The Morgan fingerprint density at radius 1 is 1.38 bits per heavy atom. The first-order valence-corrected chi connectivity index (χ1v) is 8.86. The van der Waals surface area contributed by atoms with Crippen molar-refractivity contribution in [2.24, 2.45) is 0 Å². The standard InChI is InChI=1S/C18H24N4O2/c1-12-14(13(2)22-17(20-12)8-9-19-22)6-7-18(23)21-10-11-24-16-5-3-4-15(16)21/h8-9,15-16H,3-7,10-11H2,1-2H3/t15-,16+/m0/s1. The first kappa shape index (κ1) is 15.6. The fourth-order valence-electron chi connectivity index (χ4n) is 4.24. The Bertz CT molecular complexity index is 770. The van der Waals surface area contributed by atoms with Crippen LogP contribution in [0.3, 0.4) is 0 Å². The predicted octanol–water partition coefficient (Wildman–Crippen LogP) is 2.06. The van der Waals surface area contributed by atoms with E-state index in [1.54, 1.807) is 6.20 Å². The number of amides is 1. The quantitative estimate of drug-likeness (QED) is 0.865. The van der Waals surface area contributed by atoms with Gasteiger partial charge < -0.3 is 9.64 Å². The van der Waals surface area contributed by atoms with Crippen molar-refractivity contribution in [1.82, 2.24) is 19.5 Å². The number of nitrogens with zero attached hydrogens (tertiary/aromatic N) is 4. The zero-order valence-electron chi connectivity index (χ0n) is 14.4. The van der Waals surface area contributed by atoms with Crippen LogP contribution >= 0.6 is 0 Å². The molecular weight excluding hydrogens is 304 g/mol. The van der Waals surface area contributed by atoms with Gasteiger partial charge in [-0.25, -0.2) is 9.50 Å². The molecule has 2 atom stereocenters. The average molecular weight is 328 g/mol. The lowest BCUT2D eigenvalue weighted by Crippen LogP contribution is -2.51. The number of hydrogen-bond donors (Lipinski definition) is 0. The molecule has 2 aromatic rings. The summed E-state index contributed by atoms with van der Waals surface area (Å²) in [7, 11) is 0. The summed E-state index contributed by atoms with van der Waals surface area (Å²) in [5, 5.41) is 4.32. The van der Waals surface area contributed by atoms with E-state index in [0.717, 1.165) is 48.4 Å². The zero-order valence-corrected chi connectivity index (χ0v) is 14.4. The number of ether oxygens (including phenoxy) is 1. The van der Waals surface area contributed by atoms with Crippen molar-refractivity contribution in [3.8, 4) is 0 Å². The summed E-state index contributed by atoms with van der Waals surface area (Å²) in [6, 6.07) is 2.20. The molecule has 1 saturated carbocycles. The number of hydrogen-bond acceptors (Lipinski definition) is 4. The molecule has 2 fully saturated rings. The molecule has 3 heterocycles. The van der Waals surface area contributed by atoms with Crippen LogP contribution in [0.5, 0.6) is 0 Å². The highest BCUT2D eigenvalue weighted by molar-refractivity contribution is 5.77. The molecule has 0 aromatic carbocycles. The van der Waals surface area contributed by atoms with Gasteiger partial charge in [-0.1, -0.05) is 0 Å². The van der Waals surface area contributed by atoms with Crippen LogP contribution in [0, 0.1) is 13.8 Å². The minimum atomic E-state index is 0.245. The van der Waals surface area contributed by atoms with Gasteiger partial charge in [0.15, 0.2) is 5.65 Å². The molecule has 1 aliphatic carbocycles. The maximum Gasteiger partial charge on any atom is 0.223 e. The Kier molecular flexibility index (Phi) is 4.00. The van der Waals surface area contributed by atoms with E-state index in [0.29, 0.717) is 25.5 Å². The van der Waals surface area contributed by atoms with Gasteiger partial charge in [-0.15, -0.1) is 0 Å². The van der Waals surface area contributed by atoms with Crippen molar-refractivity contribution in [3.05, 3.63) is 29.2 Å². The van der Waals surface area contributed by atoms with Gasteiger partial charge >= 0.3 is 0 Å². The summed E-state index contributed by atoms with van der Waals surface area (Å²) in [4.78, 5) is 19.4. The van der Waals surface area contributed by atoms with Crippen molar-refractivity contribution in [1.29, 1.82) is 0 Å². The van der Waals surface area contributed by atoms with Gasteiger partial charge in [-0.2, -0.15) is 5.10 Å². The van der Waals surface area contributed by atoms with Crippen LogP contribution in [-0.4, -0.2) is 50.7 Å². The maximum atomic E-state index is 12.8. The Balaban J connectivity index is 1.49. The molecule has 1 amide bonds. The summed E-state index contributed by atoms with van der Waals surface area (Å²) >= 11 is 0. The van der Waals surface area contributed by atoms with Crippen molar-refractivity contribution in [2.75, 3.05) is 13.2 Å². The Morgan fingerprint density at radius 2 is 2.25 bits per heavy atom. The summed E-state index contributed by atoms with van der Waals surface area (Å²) in [6.07, 6.45) is 6.60. The average Bonchev–Trinajstić information content (AvgIpc) is 3.22. The normalized spacial score (nSPS) is 23.7. The monoisotopic (exact) mass is 328 g/mol. The van der Waals surface area contributed by atoms with Gasteiger partial charge in [-0.3, -0.25) is 4.79 Å². The lowest BCUT2D eigenvalue weighted by Gasteiger charge is -2.37. The fraction of sp³-hybridized carbons (Fsp3) is 0.611. The molecule has 0 spiro atoms. The van der Waals surface area contributed by atoms with Crippen LogP contribution in [0.1, 0.15) is 42.6 Å². The highest BCUT2D eigenvalue weighted by Crippen LogP contribution is 2.30. The molecule has 0 radical (unpaired) electrons. The molecule has 24 heavy (non-hydrogen) atoms. The van der Waals surface area contributed by atoms with Gasteiger partial charge in [0.1, 0.15) is 0 Å². The molecule has 0 N–H and O–H groups in total. The lowest BCUT2D eigenvalue weighted by atomic mass is 10.0. The summed E-state index contributed by atoms with van der Waals surface area (Å²) in [6.45, 7) is 5.47. The molecule has 1 aliphatic heterocycles. The van der Waals surface area contributed by atoms with Gasteiger partial charge in [0.05, 0.1) is 24.9 Å². The van der Waals surface area contributed by atoms with Gasteiger partial charge in [0.2, 0.25) is 5.91 Å². The molecule has 0 unspecified atom stereocenters. The number of carbonyl (C=O) groups excluding carboxylic acids is 1. The SMILES string of the molecule is Cc1nc2ccnn2c(C)c1CCC(=O)N1CCO[C@@H]2CCC[C@@H]21. The van der Waals surface area contributed by atoms with Crippen LogP contribution in [0.15, 0.2) is 12.3 Å². The second kappa shape index (κ2) is 6.16. The molecule has 4 rings (SSSR count). The van der Waals surface area contributed by atoms with Crippen LogP contribution < -0.4 is 0 Å². The van der Waals surface area contributed by atoms with E-state index in [1.807, 2.05) is 17.5 Å². The zero-order chi connectivity index (χ0) is 16.7. The number of morpholine rings is 1. The number of fused-ring (bicyclic) bond motifs is 2. The first-order chi connectivity index (χ1) is 11.6. The molecule has 0 bridgehead atoms. The smallest absolute Gasteiger partial charge is 0.223 e. The molecule has 2 aliphatic rings.